The highest BCUT2D eigenvalue weighted by Gasteiger charge is 2.25. The van der Waals surface area contributed by atoms with Crippen LogP contribution < -0.4 is 10.1 Å². The molecule has 3 aromatic heterocycles. The van der Waals surface area contributed by atoms with E-state index in [1.54, 1.807) is 54.8 Å². The van der Waals surface area contributed by atoms with E-state index in [2.05, 4.69) is 25.4 Å². The predicted molar refractivity (Wildman–Crippen MR) is 141 cm³/mol. The average molecular weight is 535 g/mol. The van der Waals surface area contributed by atoms with Gasteiger partial charge >= 0.3 is 5.97 Å². The predicted octanol–water partition coefficient (Wildman–Crippen LogP) is 4.36. The molecule has 0 atom stereocenters. The lowest BCUT2D eigenvalue weighted by molar-refractivity contribution is -0.138. The van der Waals surface area contributed by atoms with Crippen LogP contribution in [0.15, 0.2) is 49.1 Å². The van der Waals surface area contributed by atoms with Crippen molar-refractivity contribution >= 4 is 34.4 Å². The van der Waals surface area contributed by atoms with Gasteiger partial charge in [-0.25, -0.2) is 4.98 Å². The van der Waals surface area contributed by atoms with Crippen molar-refractivity contribution in [2.45, 2.75) is 44.7 Å². The molecular weight excluding hydrogens is 508 g/mol. The summed E-state index contributed by atoms with van der Waals surface area (Å²) >= 11 is 6.34. The maximum Gasteiger partial charge on any atom is 0.303 e. The zero-order valence-corrected chi connectivity index (χ0v) is 21.6. The van der Waals surface area contributed by atoms with E-state index in [1.165, 1.54) is 0 Å². The van der Waals surface area contributed by atoms with E-state index in [1.807, 2.05) is 6.07 Å². The normalized spacial score (nSPS) is 17.3. The van der Waals surface area contributed by atoms with Crippen molar-refractivity contribution in [1.29, 1.82) is 0 Å². The number of rotatable bonds is 8. The average Bonchev–Trinajstić information content (AvgIpc) is 3.31. The second-order valence-corrected chi connectivity index (χ2v) is 9.90. The molecule has 0 bridgehead atoms. The van der Waals surface area contributed by atoms with Gasteiger partial charge in [0.1, 0.15) is 0 Å². The number of carbonyl (C=O) groups is 2. The molecule has 0 saturated heterocycles. The summed E-state index contributed by atoms with van der Waals surface area (Å²) in [6.45, 7) is 0.318. The summed E-state index contributed by atoms with van der Waals surface area (Å²) in [6.07, 6.45) is 9.93. The molecule has 3 heterocycles. The molecule has 196 valence electrons. The molecule has 1 aliphatic carbocycles. The van der Waals surface area contributed by atoms with Crippen molar-refractivity contribution in [3.8, 4) is 17.1 Å². The van der Waals surface area contributed by atoms with E-state index < -0.39 is 5.97 Å². The van der Waals surface area contributed by atoms with Crippen LogP contribution in [0.4, 0.5) is 0 Å². The third-order valence-electron chi connectivity index (χ3n) is 6.85. The van der Waals surface area contributed by atoms with E-state index in [9.17, 15) is 9.59 Å². The topological polar surface area (TPSA) is 132 Å². The zero-order valence-electron chi connectivity index (χ0n) is 20.8. The Hall–Kier alpha value is -4.05. The SMILES string of the molecule is COc1cc(-c2cnc(Cn3ncc4cc(Cl)cc(C(=O)NC5CCC(CC(=O)O)CC5)c43)cn2)ccn1. The number of methoxy groups -OCH3 is 1. The number of carboxylic acids is 1. The molecule has 0 unspecified atom stereocenters. The Kier molecular flexibility index (Phi) is 7.50. The van der Waals surface area contributed by atoms with E-state index in [0.29, 0.717) is 39.9 Å². The zero-order chi connectivity index (χ0) is 26.6. The third-order valence-corrected chi connectivity index (χ3v) is 7.06. The Morgan fingerprint density at radius 3 is 2.63 bits per heavy atom. The summed E-state index contributed by atoms with van der Waals surface area (Å²) in [5, 5.41) is 17.8. The molecule has 1 amide bonds. The molecule has 1 aromatic carbocycles. The first-order valence-corrected chi connectivity index (χ1v) is 12.8. The minimum Gasteiger partial charge on any atom is -0.481 e. The molecule has 1 saturated carbocycles. The first-order chi connectivity index (χ1) is 18.4. The summed E-state index contributed by atoms with van der Waals surface area (Å²) in [7, 11) is 1.56. The number of aliphatic carboxylic acids is 1. The number of hydrogen-bond acceptors (Lipinski definition) is 7. The molecule has 5 rings (SSSR count). The van der Waals surface area contributed by atoms with E-state index >= 15 is 0 Å². The Bertz CT molecular complexity index is 1460. The lowest BCUT2D eigenvalue weighted by atomic mass is 9.84. The van der Waals surface area contributed by atoms with Crippen molar-refractivity contribution in [1.82, 2.24) is 30.0 Å². The van der Waals surface area contributed by atoms with Crippen LogP contribution in [0.25, 0.3) is 22.2 Å². The second-order valence-electron chi connectivity index (χ2n) is 9.46. The summed E-state index contributed by atoms with van der Waals surface area (Å²) in [5.74, 6) is -0.347. The Morgan fingerprint density at radius 1 is 1.11 bits per heavy atom. The summed E-state index contributed by atoms with van der Waals surface area (Å²) in [5.41, 5.74) is 3.30. The molecule has 0 radical (unpaired) electrons. The van der Waals surface area contributed by atoms with Crippen LogP contribution in [0.2, 0.25) is 5.02 Å². The number of ether oxygens (including phenoxy) is 1. The number of carbonyl (C=O) groups excluding carboxylic acids is 1. The fraction of sp³-hybridized carbons (Fsp3) is 0.333. The van der Waals surface area contributed by atoms with Crippen LogP contribution in [0.5, 0.6) is 5.88 Å². The largest absolute Gasteiger partial charge is 0.481 e. The fourth-order valence-electron chi connectivity index (χ4n) is 4.93. The molecule has 0 aliphatic heterocycles. The van der Waals surface area contributed by atoms with Crippen LogP contribution in [-0.2, 0) is 11.3 Å². The van der Waals surface area contributed by atoms with Gasteiger partial charge < -0.3 is 15.2 Å². The quantitative estimate of drug-likeness (QED) is 0.341. The monoisotopic (exact) mass is 534 g/mol. The van der Waals surface area contributed by atoms with Gasteiger partial charge in [-0.15, -0.1) is 0 Å². The van der Waals surface area contributed by atoms with Crippen LogP contribution in [0, 0.1) is 5.92 Å². The molecule has 11 heteroatoms. The van der Waals surface area contributed by atoms with Crippen LogP contribution >= 0.6 is 11.6 Å². The third kappa shape index (κ3) is 5.75. The van der Waals surface area contributed by atoms with Crippen molar-refractivity contribution in [3.05, 3.63) is 65.3 Å². The van der Waals surface area contributed by atoms with Crippen molar-refractivity contribution in [2.75, 3.05) is 7.11 Å². The van der Waals surface area contributed by atoms with Crippen molar-refractivity contribution < 1.29 is 19.4 Å². The highest BCUT2D eigenvalue weighted by atomic mass is 35.5. The van der Waals surface area contributed by atoms with Gasteiger partial charge in [-0.1, -0.05) is 11.6 Å². The van der Waals surface area contributed by atoms with Gasteiger partial charge in [-0.05, 0) is 49.8 Å². The molecular formula is C27H27ClN6O4. The molecule has 4 aromatic rings. The maximum absolute atomic E-state index is 13.3. The van der Waals surface area contributed by atoms with Gasteiger partial charge in [0.15, 0.2) is 0 Å². The highest BCUT2D eigenvalue weighted by Crippen LogP contribution is 2.29. The van der Waals surface area contributed by atoms with Gasteiger partial charge in [-0.3, -0.25) is 24.2 Å². The maximum atomic E-state index is 13.3. The van der Waals surface area contributed by atoms with Crippen LogP contribution in [-0.4, -0.2) is 54.9 Å². The van der Waals surface area contributed by atoms with Gasteiger partial charge in [0.25, 0.3) is 5.91 Å². The summed E-state index contributed by atoms with van der Waals surface area (Å²) in [6, 6.07) is 7.04. The van der Waals surface area contributed by atoms with Gasteiger partial charge in [0.2, 0.25) is 5.88 Å². The molecule has 38 heavy (non-hydrogen) atoms. The van der Waals surface area contributed by atoms with Gasteiger partial charge in [0.05, 0.1) is 54.7 Å². The number of fused-ring (bicyclic) bond motifs is 1. The van der Waals surface area contributed by atoms with E-state index in [-0.39, 0.29) is 24.3 Å². The number of pyridine rings is 1. The molecule has 10 nitrogen and oxygen atoms in total. The lowest BCUT2D eigenvalue weighted by Crippen LogP contribution is -2.38. The fourth-order valence-corrected chi connectivity index (χ4v) is 5.16. The van der Waals surface area contributed by atoms with Crippen molar-refractivity contribution in [2.24, 2.45) is 5.92 Å². The van der Waals surface area contributed by atoms with E-state index in [0.717, 1.165) is 36.6 Å². The first kappa shape index (κ1) is 25.6. The number of benzene rings is 1. The molecule has 1 aliphatic rings. The molecule has 2 N–H and O–H groups in total. The number of nitrogens with zero attached hydrogens (tertiary/aromatic N) is 5. The first-order valence-electron chi connectivity index (χ1n) is 12.4. The van der Waals surface area contributed by atoms with Gasteiger partial charge in [-0.2, -0.15) is 5.10 Å². The molecule has 0 spiro atoms. The minimum atomic E-state index is -0.774. The number of halogens is 1. The number of amides is 1. The van der Waals surface area contributed by atoms with Crippen molar-refractivity contribution in [3.63, 3.8) is 0 Å². The summed E-state index contributed by atoms with van der Waals surface area (Å²) in [4.78, 5) is 37.6. The second kappa shape index (κ2) is 11.1. The minimum absolute atomic E-state index is 0.0110. The van der Waals surface area contributed by atoms with Gasteiger partial charge in [0, 0.05) is 40.7 Å². The molecule has 1 fully saturated rings. The standard InChI is InChI=1S/C27H27ClN6O4/c1-38-24-10-17(6-7-29-24)23-14-30-21(13-31-23)15-34-26-18(12-32-34)9-19(28)11-22(26)27(37)33-20-4-2-16(3-5-20)8-25(35)36/h6-7,9-14,16,20H,2-5,8,15H2,1H3,(H,33,37)(H,35,36). The number of hydrogen-bond donors (Lipinski definition) is 2. The van der Waals surface area contributed by atoms with Crippen LogP contribution in [0.3, 0.4) is 0 Å². The smallest absolute Gasteiger partial charge is 0.303 e. The Morgan fingerprint density at radius 2 is 1.92 bits per heavy atom. The summed E-state index contributed by atoms with van der Waals surface area (Å²) < 4.78 is 6.91. The lowest BCUT2D eigenvalue weighted by Gasteiger charge is -2.28. The number of nitrogens with one attached hydrogen (secondary N) is 1. The number of aromatic nitrogens is 5. The Balaban J connectivity index is 1.33. The van der Waals surface area contributed by atoms with E-state index in [4.69, 9.17) is 21.4 Å². The Labute approximate surface area is 224 Å². The van der Waals surface area contributed by atoms with Crippen LogP contribution in [0.1, 0.15) is 48.2 Å². The highest BCUT2D eigenvalue weighted by molar-refractivity contribution is 6.32. The number of carboxylic acid groups (broad SMARTS) is 1.